The number of carbonyl (C=O) groups excluding carboxylic acids is 1. The maximum atomic E-state index is 13.7. The molecule has 0 saturated carbocycles. The number of benzene rings is 1. The second-order valence-electron chi connectivity index (χ2n) is 6.33. The molecule has 1 aliphatic heterocycles. The highest BCUT2D eigenvalue weighted by Gasteiger charge is 2.36. The number of amides is 1. The lowest BCUT2D eigenvalue weighted by atomic mass is 9.92. The van der Waals surface area contributed by atoms with E-state index in [0.717, 1.165) is 5.56 Å². The molecule has 3 rings (SSSR count). The minimum absolute atomic E-state index is 0.0718. The minimum Gasteiger partial charge on any atom is -0.396 e. The molecule has 134 valence electrons. The second-order valence-corrected chi connectivity index (χ2v) is 6.33. The number of nitrogens with zero attached hydrogens (tertiary/aromatic N) is 3. The van der Waals surface area contributed by atoms with Crippen molar-refractivity contribution in [3.05, 3.63) is 53.1 Å². The van der Waals surface area contributed by atoms with Crippen LogP contribution in [0.25, 0.3) is 0 Å². The Hall–Kier alpha value is -2.35. The Kier molecular flexibility index (Phi) is 4.80. The van der Waals surface area contributed by atoms with Crippen molar-refractivity contribution < 1.29 is 23.1 Å². The fourth-order valence-electron chi connectivity index (χ4n) is 3.24. The van der Waals surface area contributed by atoms with Crippen LogP contribution in [0.2, 0.25) is 0 Å². The van der Waals surface area contributed by atoms with Crippen molar-refractivity contribution in [2.24, 2.45) is 13.0 Å². The number of aryl methyl sites for hydroxylation is 1. The molecule has 2 aromatic rings. The summed E-state index contributed by atoms with van der Waals surface area (Å²) in [5.41, 5.74) is 0.727. The zero-order valence-electron chi connectivity index (χ0n) is 13.6. The van der Waals surface area contributed by atoms with Crippen molar-refractivity contribution in [1.29, 1.82) is 0 Å². The zero-order chi connectivity index (χ0) is 18.1. The van der Waals surface area contributed by atoms with E-state index in [0.29, 0.717) is 25.2 Å². The van der Waals surface area contributed by atoms with Crippen LogP contribution in [0, 0.1) is 23.4 Å². The Labute approximate surface area is 142 Å². The SMILES string of the molecule is Cn1cc([C@@H]2CN(C(=O)Cc3cc(F)c(F)cc3F)C[C@H]2CO)cn1. The molecular formula is C17H18F3N3O2. The predicted octanol–water partition coefficient (Wildman–Crippen LogP) is 1.61. The number of aliphatic hydroxyl groups is 1. The molecule has 1 saturated heterocycles. The summed E-state index contributed by atoms with van der Waals surface area (Å²) in [4.78, 5) is 14.0. The number of halogens is 3. The number of aliphatic hydroxyl groups excluding tert-OH is 1. The summed E-state index contributed by atoms with van der Waals surface area (Å²) in [7, 11) is 1.78. The van der Waals surface area contributed by atoms with Gasteiger partial charge in [0.15, 0.2) is 11.6 Å². The molecule has 1 amide bonds. The summed E-state index contributed by atoms with van der Waals surface area (Å²) in [6.45, 7) is 0.587. The number of carbonyl (C=O) groups is 1. The molecule has 0 bridgehead atoms. The fraction of sp³-hybridized carbons (Fsp3) is 0.412. The van der Waals surface area contributed by atoms with E-state index in [4.69, 9.17) is 0 Å². The molecule has 2 atom stereocenters. The van der Waals surface area contributed by atoms with Gasteiger partial charge in [-0.15, -0.1) is 0 Å². The molecule has 1 fully saturated rings. The normalized spacial score (nSPS) is 20.3. The highest BCUT2D eigenvalue weighted by atomic mass is 19.2. The van der Waals surface area contributed by atoms with E-state index in [9.17, 15) is 23.1 Å². The van der Waals surface area contributed by atoms with Crippen LogP contribution in [0.15, 0.2) is 24.5 Å². The van der Waals surface area contributed by atoms with Crippen molar-refractivity contribution in [3.63, 3.8) is 0 Å². The first-order chi connectivity index (χ1) is 11.9. The van der Waals surface area contributed by atoms with Gasteiger partial charge in [-0.3, -0.25) is 9.48 Å². The van der Waals surface area contributed by atoms with Gasteiger partial charge in [-0.05, 0) is 11.6 Å². The lowest BCUT2D eigenvalue weighted by Crippen LogP contribution is -2.31. The smallest absolute Gasteiger partial charge is 0.227 e. The fourth-order valence-corrected chi connectivity index (χ4v) is 3.24. The average Bonchev–Trinajstić information content (AvgIpc) is 3.18. The molecule has 0 spiro atoms. The van der Waals surface area contributed by atoms with E-state index in [1.54, 1.807) is 17.9 Å². The zero-order valence-corrected chi connectivity index (χ0v) is 13.6. The number of hydrogen-bond donors (Lipinski definition) is 1. The molecule has 1 aromatic carbocycles. The number of rotatable bonds is 4. The molecule has 5 nitrogen and oxygen atoms in total. The predicted molar refractivity (Wildman–Crippen MR) is 83.1 cm³/mol. The van der Waals surface area contributed by atoms with Crippen molar-refractivity contribution in [2.75, 3.05) is 19.7 Å². The molecular weight excluding hydrogens is 335 g/mol. The highest BCUT2D eigenvalue weighted by Crippen LogP contribution is 2.32. The molecule has 1 N–H and O–H groups in total. The van der Waals surface area contributed by atoms with Crippen molar-refractivity contribution in [3.8, 4) is 0 Å². The monoisotopic (exact) mass is 353 g/mol. The standard InChI is InChI=1S/C17H18F3N3O2/c1-22-6-11(5-21-22)13-8-23(7-12(13)9-24)17(25)3-10-2-15(19)16(20)4-14(10)18/h2,4-6,12-13,24H,3,7-9H2,1H3/t12-,13-/m0/s1. The first-order valence-electron chi connectivity index (χ1n) is 7.89. The van der Waals surface area contributed by atoms with Crippen LogP contribution < -0.4 is 0 Å². The van der Waals surface area contributed by atoms with E-state index in [1.807, 2.05) is 6.20 Å². The third kappa shape index (κ3) is 3.53. The van der Waals surface area contributed by atoms with Gasteiger partial charge in [0.25, 0.3) is 0 Å². The third-order valence-electron chi connectivity index (χ3n) is 4.61. The van der Waals surface area contributed by atoms with Crippen LogP contribution >= 0.6 is 0 Å². The van der Waals surface area contributed by atoms with Gasteiger partial charge in [0.05, 0.1) is 12.6 Å². The lowest BCUT2D eigenvalue weighted by molar-refractivity contribution is -0.129. The van der Waals surface area contributed by atoms with Crippen molar-refractivity contribution in [2.45, 2.75) is 12.3 Å². The Morgan fingerprint density at radius 2 is 1.96 bits per heavy atom. The van der Waals surface area contributed by atoms with Crippen LogP contribution in [0.4, 0.5) is 13.2 Å². The van der Waals surface area contributed by atoms with Crippen LogP contribution in [0.1, 0.15) is 17.0 Å². The van der Waals surface area contributed by atoms with Crippen LogP contribution in [-0.4, -0.2) is 45.4 Å². The van der Waals surface area contributed by atoms with Gasteiger partial charge in [0.2, 0.25) is 5.91 Å². The van der Waals surface area contributed by atoms with E-state index >= 15 is 0 Å². The summed E-state index contributed by atoms with van der Waals surface area (Å²) in [5.74, 6) is -4.04. The van der Waals surface area contributed by atoms with Crippen LogP contribution in [0.3, 0.4) is 0 Å². The molecule has 8 heteroatoms. The highest BCUT2D eigenvalue weighted by molar-refractivity contribution is 5.79. The quantitative estimate of drug-likeness (QED) is 0.850. The maximum Gasteiger partial charge on any atom is 0.227 e. The molecule has 0 radical (unpaired) electrons. The lowest BCUT2D eigenvalue weighted by Gasteiger charge is -2.16. The maximum absolute atomic E-state index is 13.7. The summed E-state index contributed by atoms with van der Waals surface area (Å²) in [6.07, 6.45) is 3.16. The molecule has 1 aliphatic rings. The molecule has 2 heterocycles. The van der Waals surface area contributed by atoms with Crippen LogP contribution in [0.5, 0.6) is 0 Å². The molecule has 1 aromatic heterocycles. The second kappa shape index (κ2) is 6.87. The Balaban J connectivity index is 1.74. The Morgan fingerprint density at radius 3 is 2.60 bits per heavy atom. The molecule has 0 aliphatic carbocycles. The van der Waals surface area contributed by atoms with Gasteiger partial charge in [-0.1, -0.05) is 0 Å². The first kappa shape index (κ1) is 17.5. The Morgan fingerprint density at radius 1 is 1.24 bits per heavy atom. The summed E-state index contributed by atoms with van der Waals surface area (Å²) in [5, 5.41) is 13.7. The van der Waals surface area contributed by atoms with Gasteiger partial charge in [-0.2, -0.15) is 5.10 Å². The number of likely N-dealkylation sites (tertiary alicyclic amines) is 1. The molecule has 25 heavy (non-hydrogen) atoms. The van der Waals surface area contributed by atoms with Gasteiger partial charge in [0, 0.05) is 56.4 Å². The van der Waals surface area contributed by atoms with E-state index < -0.39 is 23.4 Å². The van der Waals surface area contributed by atoms with E-state index in [-0.39, 0.29) is 30.4 Å². The van der Waals surface area contributed by atoms with Gasteiger partial charge in [0.1, 0.15) is 5.82 Å². The van der Waals surface area contributed by atoms with E-state index in [1.165, 1.54) is 4.90 Å². The van der Waals surface area contributed by atoms with Crippen LogP contribution in [-0.2, 0) is 18.3 Å². The third-order valence-corrected chi connectivity index (χ3v) is 4.61. The topological polar surface area (TPSA) is 58.4 Å². The average molecular weight is 353 g/mol. The first-order valence-corrected chi connectivity index (χ1v) is 7.89. The van der Waals surface area contributed by atoms with Crippen molar-refractivity contribution >= 4 is 5.91 Å². The molecule has 0 unspecified atom stereocenters. The summed E-state index contributed by atoms with van der Waals surface area (Å²) >= 11 is 0. The summed E-state index contributed by atoms with van der Waals surface area (Å²) < 4.78 is 41.7. The Bertz CT molecular complexity index is 793. The van der Waals surface area contributed by atoms with E-state index in [2.05, 4.69) is 5.10 Å². The number of hydrogen-bond acceptors (Lipinski definition) is 3. The van der Waals surface area contributed by atoms with Gasteiger partial charge < -0.3 is 10.0 Å². The largest absolute Gasteiger partial charge is 0.396 e. The van der Waals surface area contributed by atoms with Crippen molar-refractivity contribution in [1.82, 2.24) is 14.7 Å². The number of aromatic nitrogens is 2. The van der Waals surface area contributed by atoms with Gasteiger partial charge >= 0.3 is 0 Å². The van der Waals surface area contributed by atoms with Gasteiger partial charge in [-0.25, -0.2) is 13.2 Å². The summed E-state index contributed by atoms with van der Waals surface area (Å²) in [6, 6.07) is 1.15. The minimum atomic E-state index is -1.29.